The minimum absolute atomic E-state index is 0.0808. The van der Waals surface area contributed by atoms with Gasteiger partial charge in [0.05, 0.1) is 11.7 Å². The first-order valence-corrected chi connectivity index (χ1v) is 11.7. The molecule has 1 heterocycles. The molecular weight excluding hydrogens is 374 g/mol. The van der Waals surface area contributed by atoms with Crippen molar-refractivity contribution in [1.29, 1.82) is 0 Å². The Hall–Kier alpha value is -1.55. The van der Waals surface area contributed by atoms with Gasteiger partial charge in [-0.25, -0.2) is 0 Å². The van der Waals surface area contributed by atoms with Gasteiger partial charge in [0.15, 0.2) is 0 Å². The summed E-state index contributed by atoms with van der Waals surface area (Å²) < 4.78 is 11.8. The highest BCUT2D eigenvalue weighted by Gasteiger charge is 2.40. The zero-order chi connectivity index (χ0) is 22.4. The standard InChI is InChI=1S/C26H43NO3/c1-20(2)12-13-26(15-17-29-25(6,7)19-26)14-16-27(22(5)28)18-23-8-10-24(11-9-23)30-21(3)4/h8-11,20-21H,12-19H2,1-7H3/t26-/m0/s1. The Kier molecular flexibility index (Phi) is 8.78. The van der Waals surface area contributed by atoms with Crippen molar-refractivity contribution in [1.82, 2.24) is 4.90 Å². The minimum Gasteiger partial charge on any atom is -0.491 e. The van der Waals surface area contributed by atoms with Crippen molar-refractivity contribution in [3.8, 4) is 5.75 Å². The fourth-order valence-electron chi connectivity index (χ4n) is 4.62. The molecule has 170 valence electrons. The maximum Gasteiger partial charge on any atom is 0.219 e. The lowest BCUT2D eigenvalue weighted by Gasteiger charge is -2.46. The second-order valence-corrected chi connectivity index (χ2v) is 10.5. The maximum absolute atomic E-state index is 12.4. The summed E-state index contributed by atoms with van der Waals surface area (Å²) in [6.45, 7) is 17.0. The van der Waals surface area contributed by atoms with Gasteiger partial charge >= 0.3 is 0 Å². The van der Waals surface area contributed by atoms with Crippen molar-refractivity contribution in [3.63, 3.8) is 0 Å². The largest absolute Gasteiger partial charge is 0.491 e. The number of hydrogen-bond donors (Lipinski definition) is 0. The van der Waals surface area contributed by atoms with Gasteiger partial charge in [-0.3, -0.25) is 4.79 Å². The second-order valence-electron chi connectivity index (χ2n) is 10.5. The van der Waals surface area contributed by atoms with Gasteiger partial charge in [0.1, 0.15) is 5.75 Å². The highest BCUT2D eigenvalue weighted by atomic mass is 16.5. The highest BCUT2D eigenvalue weighted by molar-refractivity contribution is 5.73. The molecule has 1 aromatic carbocycles. The molecule has 1 aromatic rings. The molecule has 1 saturated heterocycles. The van der Waals surface area contributed by atoms with E-state index in [2.05, 4.69) is 39.8 Å². The van der Waals surface area contributed by atoms with Crippen LogP contribution in [0, 0.1) is 11.3 Å². The van der Waals surface area contributed by atoms with Crippen LogP contribution in [0.1, 0.15) is 86.1 Å². The summed E-state index contributed by atoms with van der Waals surface area (Å²) in [6.07, 6.45) is 5.81. The van der Waals surface area contributed by atoms with Gasteiger partial charge in [0.25, 0.3) is 0 Å². The number of carbonyl (C=O) groups excluding carboxylic acids is 1. The molecule has 1 fully saturated rings. The fourth-order valence-corrected chi connectivity index (χ4v) is 4.62. The van der Waals surface area contributed by atoms with Crippen molar-refractivity contribution in [3.05, 3.63) is 29.8 Å². The van der Waals surface area contributed by atoms with E-state index in [9.17, 15) is 4.79 Å². The van der Waals surface area contributed by atoms with Crippen LogP contribution in [0.2, 0.25) is 0 Å². The van der Waals surface area contributed by atoms with Crippen molar-refractivity contribution in [2.24, 2.45) is 11.3 Å². The average Bonchev–Trinajstić information content (AvgIpc) is 2.63. The fraction of sp³-hybridized carbons (Fsp3) is 0.731. The van der Waals surface area contributed by atoms with E-state index in [1.165, 1.54) is 12.8 Å². The number of amides is 1. The van der Waals surface area contributed by atoms with E-state index in [1.807, 2.05) is 30.9 Å². The van der Waals surface area contributed by atoms with Crippen molar-refractivity contribution < 1.29 is 14.3 Å². The maximum atomic E-state index is 12.4. The van der Waals surface area contributed by atoms with E-state index in [4.69, 9.17) is 9.47 Å². The van der Waals surface area contributed by atoms with Gasteiger partial charge in [-0.05, 0) is 82.4 Å². The molecule has 30 heavy (non-hydrogen) atoms. The number of ether oxygens (including phenoxy) is 2. The van der Waals surface area contributed by atoms with Crippen LogP contribution in [-0.4, -0.2) is 35.7 Å². The topological polar surface area (TPSA) is 38.8 Å². The Bertz CT molecular complexity index is 665. The van der Waals surface area contributed by atoms with Crippen LogP contribution >= 0.6 is 0 Å². The van der Waals surface area contributed by atoms with Gasteiger partial charge < -0.3 is 14.4 Å². The Balaban J connectivity index is 2.05. The van der Waals surface area contributed by atoms with E-state index in [0.717, 1.165) is 43.7 Å². The summed E-state index contributed by atoms with van der Waals surface area (Å²) >= 11 is 0. The molecule has 4 nitrogen and oxygen atoms in total. The SMILES string of the molecule is CC(=O)N(CC[C@@]1(CCC(C)C)CCOC(C)(C)C1)Cc1ccc(OC(C)C)cc1. The van der Waals surface area contributed by atoms with E-state index < -0.39 is 0 Å². The van der Waals surface area contributed by atoms with Crippen molar-refractivity contribution in [2.75, 3.05) is 13.2 Å². The minimum atomic E-state index is -0.0808. The third-order valence-corrected chi connectivity index (χ3v) is 6.20. The molecule has 0 bridgehead atoms. The number of carbonyl (C=O) groups is 1. The normalized spacial score (nSPS) is 21.1. The lowest BCUT2D eigenvalue weighted by molar-refractivity contribution is -0.132. The van der Waals surface area contributed by atoms with Gasteiger partial charge in [0.2, 0.25) is 5.91 Å². The molecule has 0 saturated carbocycles. The quantitative estimate of drug-likeness (QED) is 0.453. The summed E-state index contributed by atoms with van der Waals surface area (Å²) in [5.74, 6) is 1.71. The van der Waals surface area contributed by atoms with Gasteiger partial charge in [-0.15, -0.1) is 0 Å². The summed E-state index contributed by atoms with van der Waals surface area (Å²) in [6, 6.07) is 8.14. The van der Waals surface area contributed by atoms with Crippen LogP contribution < -0.4 is 4.74 Å². The molecule has 0 aliphatic carbocycles. The third-order valence-electron chi connectivity index (χ3n) is 6.20. The van der Waals surface area contributed by atoms with E-state index >= 15 is 0 Å². The average molecular weight is 418 g/mol. The predicted octanol–water partition coefficient (Wildman–Crippen LogP) is 6.22. The Morgan fingerprint density at radius 1 is 1.13 bits per heavy atom. The van der Waals surface area contributed by atoms with Gasteiger partial charge in [-0.1, -0.05) is 32.4 Å². The van der Waals surface area contributed by atoms with Crippen LogP contribution in [-0.2, 0) is 16.1 Å². The summed E-state index contributed by atoms with van der Waals surface area (Å²) in [5.41, 5.74) is 1.32. The van der Waals surface area contributed by atoms with Crippen LogP contribution in [0.25, 0.3) is 0 Å². The lowest BCUT2D eigenvalue weighted by Crippen LogP contribution is -2.43. The summed E-state index contributed by atoms with van der Waals surface area (Å²) in [5, 5.41) is 0. The summed E-state index contributed by atoms with van der Waals surface area (Å²) in [7, 11) is 0. The number of hydrogen-bond acceptors (Lipinski definition) is 3. The predicted molar refractivity (Wildman–Crippen MR) is 124 cm³/mol. The zero-order valence-electron chi connectivity index (χ0n) is 20.3. The van der Waals surface area contributed by atoms with Gasteiger partial charge in [0, 0.05) is 26.6 Å². The molecule has 0 spiro atoms. The molecule has 0 aromatic heterocycles. The van der Waals surface area contributed by atoms with Crippen LogP contribution in [0.3, 0.4) is 0 Å². The van der Waals surface area contributed by atoms with Gasteiger partial charge in [-0.2, -0.15) is 0 Å². The van der Waals surface area contributed by atoms with Crippen molar-refractivity contribution in [2.45, 2.75) is 98.8 Å². The molecule has 4 heteroatoms. The zero-order valence-corrected chi connectivity index (χ0v) is 20.3. The number of rotatable bonds is 10. The summed E-state index contributed by atoms with van der Waals surface area (Å²) in [4.78, 5) is 14.4. The molecule has 2 rings (SSSR count). The first kappa shape index (κ1) is 24.7. The molecule has 0 N–H and O–H groups in total. The van der Waals surface area contributed by atoms with Crippen molar-refractivity contribution >= 4 is 5.91 Å². The third kappa shape index (κ3) is 7.94. The lowest BCUT2D eigenvalue weighted by atomic mass is 9.68. The molecule has 0 radical (unpaired) electrons. The first-order valence-electron chi connectivity index (χ1n) is 11.7. The molecular formula is C26H43NO3. The Labute approximate surface area is 184 Å². The molecule has 1 atom stereocenters. The van der Waals surface area contributed by atoms with E-state index in [0.29, 0.717) is 12.5 Å². The molecule has 0 unspecified atom stereocenters. The van der Waals surface area contributed by atoms with E-state index in [-0.39, 0.29) is 23.0 Å². The molecule has 1 aliphatic heterocycles. The number of nitrogens with zero attached hydrogens (tertiary/aromatic N) is 1. The van der Waals surface area contributed by atoms with E-state index in [1.54, 1.807) is 6.92 Å². The molecule has 1 amide bonds. The smallest absolute Gasteiger partial charge is 0.219 e. The van der Waals surface area contributed by atoms with Crippen LogP contribution in [0.5, 0.6) is 5.75 Å². The second kappa shape index (κ2) is 10.7. The number of benzene rings is 1. The Morgan fingerprint density at radius 2 is 1.80 bits per heavy atom. The monoisotopic (exact) mass is 417 g/mol. The van der Waals surface area contributed by atoms with Crippen LogP contribution in [0.4, 0.5) is 0 Å². The first-order chi connectivity index (χ1) is 14.0. The van der Waals surface area contributed by atoms with Crippen LogP contribution in [0.15, 0.2) is 24.3 Å². The highest BCUT2D eigenvalue weighted by Crippen LogP contribution is 2.45. The Morgan fingerprint density at radius 3 is 2.33 bits per heavy atom. The molecule has 1 aliphatic rings.